The fraction of sp³-hybridized carbons (Fsp3) is 0.350. The van der Waals surface area contributed by atoms with Crippen LogP contribution in [0.25, 0.3) is 0 Å². The van der Waals surface area contributed by atoms with Gasteiger partial charge in [-0.25, -0.2) is 0 Å². The van der Waals surface area contributed by atoms with Crippen molar-refractivity contribution in [3.8, 4) is 5.75 Å². The van der Waals surface area contributed by atoms with Crippen LogP contribution in [0, 0.1) is 10.2 Å². The van der Waals surface area contributed by atoms with E-state index in [4.69, 9.17) is 17.0 Å². The molecular weight excluding hydrogens is 400 g/mol. The van der Waals surface area contributed by atoms with E-state index in [1.807, 2.05) is 13.8 Å². The van der Waals surface area contributed by atoms with Gasteiger partial charge in [-0.2, -0.15) is 8.78 Å². The number of benzene rings is 1. The summed E-state index contributed by atoms with van der Waals surface area (Å²) in [5.41, 5.74) is 0.840. The molecule has 3 N–H and O–H groups in total. The molecule has 0 spiro atoms. The highest BCUT2D eigenvalue weighted by Crippen LogP contribution is 2.49. The van der Waals surface area contributed by atoms with Crippen molar-refractivity contribution in [2.24, 2.45) is 5.41 Å². The van der Waals surface area contributed by atoms with E-state index in [2.05, 4.69) is 15.3 Å². The lowest BCUT2D eigenvalue weighted by atomic mass is 9.69. The Balaban J connectivity index is 2.01. The number of carbonyl (C=O) groups is 1. The van der Waals surface area contributed by atoms with E-state index in [0.717, 1.165) is 0 Å². The SMILES string of the molecule is CC1(C)CC(=O)C2=C(C1)Nc1[nH]c(=S)[nH]c(=O)c1C2c1ccccc1OC(F)F. The van der Waals surface area contributed by atoms with Crippen molar-refractivity contribution in [1.29, 1.82) is 0 Å². The summed E-state index contributed by atoms with van der Waals surface area (Å²) >= 11 is 5.08. The maximum Gasteiger partial charge on any atom is 0.387 e. The highest BCUT2D eigenvalue weighted by atomic mass is 32.1. The third-order valence-electron chi connectivity index (χ3n) is 5.20. The molecule has 152 valence electrons. The van der Waals surface area contributed by atoms with Gasteiger partial charge in [-0.1, -0.05) is 32.0 Å². The van der Waals surface area contributed by atoms with Crippen LogP contribution in [0.4, 0.5) is 14.6 Å². The Kier molecular flexibility index (Phi) is 4.65. The van der Waals surface area contributed by atoms with E-state index >= 15 is 0 Å². The number of ether oxygens (including phenoxy) is 1. The van der Waals surface area contributed by atoms with Crippen molar-refractivity contribution in [3.05, 3.63) is 61.8 Å². The number of H-pyrrole nitrogens is 2. The summed E-state index contributed by atoms with van der Waals surface area (Å²) < 4.78 is 30.8. The van der Waals surface area contributed by atoms with Crippen LogP contribution in [0.1, 0.15) is 43.7 Å². The number of rotatable bonds is 3. The summed E-state index contributed by atoms with van der Waals surface area (Å²) in [6.07, 6.45) is 0.854. The van der Waals surface area contributed by atoms with Gasteiger partial charge in [0.1, 0.15) is 11.6 Å². The molecule has 1 atom stereocenters. The van der Waals surface area contributed by atoms with Crippen molar-refractivity contribution < 1.29 is 18.3 Å². The van der Waals surface area contributed by atoms with Gasteiger partial charge in [-0.3, -0.25) is 14.6 Å². The molecule has 2 aliphatic rings. The van der Waals surface area contributed by atoms with Crippen LogP contribution >= 0.6 is 12.2 Å². The first-order valence-corrected chi connectivity index (χ1v) is 9.50. The van der Waals surface area contributed by atoms with Gasteiger partial charge in [-0.15, -0.1) is 0 Å². The summed E-state index contributed by atoms with van der Waals surface area (Å²) in [4.78, 5) is 31.4. The van der Waals surface area contributed by atoms with E-state index in [1.54, 1.807) is 18.2 Å². The second kappa shape index (κ2) is 6.91. The number of Topliss-reactive ketones (excluding diaryl/α,β-unsaturated/α-hetero) is 1. The monoisotopic (exact) mass is 419 g/mol. The van der Waals surface area contributed by atoms with Gasteiger partial charge in [0.15, 0.2) is 10.6 Å². The van der Waals surface area contributed by atoms with Gasteiger partial charge in [0.05, 0.1) is 11.5 Å². The quantitative estimate of drug-likeness (QED) is 0.648. The van der Waals surface area contributed by atoms with Crippen LogP contribution in [0.5, 0.6) is 5.75 Å². The normalized spacial score (nSPS) is 20.2. The zero-order chi connectivity index (χ0) is 20.9. The lowest BCUT2D eigenvalue weighted by molar-refractivity contribution is -0.118. The molecular formula is C20H19F2N3O3S. The number of hydrogen-bond donors (Lipinski definition) is 3. The number of allylic oxidation sites excluding steroid dienone is 2. The highest BCUT2D eigenvalue weighted by Gasteiger charge is 2.43. The van der Waals surface area contributed by atoms with Crippen molar-refractivity contribution in [3.63, 3.8) is 0 Å². The number of para-hydroxylation sites is 1. The highest BCUT2D eigenvalue weighted by molar-refractivity contribution is 7.71. The second-order valence-corrected chi connectivity index (χ2v) is 8.41. The molecule has 4 rings (SSSR count). The Morgan fingerprint density at radius 2 is 1.90 bits per heavy atom. The molecule has 0 fully saturated rings. The molecule has 9 heteroatoms. The first-order chi connectivity index (χ1) is 13.7. The second-order valence-electron chi connectivity index (χ2n) is 8.00. The number of halogens is 2. The van der Waals surface area contributed by atoms with Crippen LogP contribution in [0.2, 0.25) is 0 Å². The summed E-state index contributed by atoms with van der Waals surface area (Å²) in [6, 6.07) is 6.22. The van der Waals surface area contributed by atoms with E-state index in [0.29, 0.717) is 29.1 Å². The van der Waals surface area contributed by atoms with Gasteiger partial charge in [0.2, 0.25) is 0 Å². The van der Waals surface area contributed by atoms with Crippen LogP contribution in [0.15, 0.2) is 40.3 Å². The van der Waals surface area contributed by atoms with Crippen LogP contribution in [0.3, 0.4) is 0 Å². The molecule has 29 heavy (non-hydrogen) atoms. The fourth-order valence-electron chi connectivity index (χ4n) is 4.18. The number of aromatic amines is 2. The summed E-state index contributed by atoms with van der Waals surface area (Å²) in [7, 11) is 0. The largest absolute Gasteiger partial charge is 0.435 e. The molecule has 0 saturated heterocycles. The number of aromatic nitrogens is 2. The van der Waals surface area contributed by atoms with Crippen molar-refractivity contribution in [2.45, 2.75) is 39.2 Å². The summed E-state index contributed by atoms with van der Waals surface area (Å²) in [6.45, 7) is 0.926. The molecule has 1 aromatic carbocycles. The van der Waals surface area contributed by atoms with Gasteiger partial charge >= 0.3 is 6.61 Å². The van der Waals surface area contributed by atoms with E-state index in [9.17, 15) is 18.4 Å². The minimum Gasteiger partial charge on any atom is -0.435 e. The maximum atomic E-state index is 13.1. The minimum atomic E-state index is -3.04. The molecule has 0 saturated carbocycles. The number of carbonyl (C=O) groups excluding carboxylic acids is 1. The van der Waals surface area contributed by atoms with E-state index in [1.165, 1.54) is 6.07 Å². The molecule has 1 unspecified atom stereocenters. The maximum absolute atomic E-state index is 13.1. The molecule has 6 nitrogen and oxygen atoms in total. The van der Waals surface area contributed by atoms with Gasteiger partial charge in [0.25, 0.3) is 5.56 Å². The summed E-state index contributed by atoms with van der Waals surface area (Å²) in [5, 5.41) is 3.15. The molecule has 2 aromatic rings. The number of nitrogens with one attached hydrogen (secondary N) is 3. The number of ketones is 1. The number of anilines is 1. The predicted octanol–water partition coefficient (Wildman–Crippen LogP) is 4.23. The Morgan fingerprint density at radius 3 is 2.62 bits per heavy atom. The average molecular weight is 419 g/mol. The third-order valence-corrected chi connectivity index (χ3v) is 5.40. The first kappa shape index (κ1) is 19.5. The van der Waals surface area contributed by atoms with Crippen molar-refractivity contribution >= 4 is 23.8 Å². The zero-order valence-electron chi connectivity index (χ0n) is 15.8. The number of alkyl halides is 2. The Hall–Kier alpha value is -2.81. The molecule has 1 aromatic heterocycles. The lowest BCUT2D eigenvalue weighted by Crippen LogP contribution is -2.37. The standard InChI is InChI=1S/C20H19F2N3O3S/c1-20(2)7-10-14(11(26)8-20)13(9-5-3-4-6-12(9)28-18(21)22)15-16(23-10)24-19(29)25-17(15)27/h3-6,13,18H,7-8H2,1-2H3,(H3,23,24,25,27,29). The van der Waals surface area contributed by atoms with Crippen molar-refractivity contribution in [1.82, 2.24) is 9.97 Å². The van der Waals surface area contributed by atoms with Gasteiger partial charge in [-0.05, 0) is 30.1 Å². The molecule has 2 heterocycles. The lowest BCUT2D eigenvalue weighted by Gasteiger charge is -2.39. The predicted molar refractivity (Wildman–Crippen MR) is 106 cm³/mol. The average Bonchev–Trinajstić information content (AvgIpc) is 2.58. The van der Waals surface area contributed by atoms with Gasteiger partial charge < -0.3 is 15.0 Å². The number of fused-ring (bicyclic) bond motifs is 1. The molecule has 1 aliphatic heterocycles. The van der Waals surface area contributed by atoms with E-state index < -0.39 is 18.1 Å². The van der Waals surface area contributed by atoms with Crippen LogP contribution < -0.4 is 15.6 Å². The molecule has 1 aliphatic carbocycles. The topological polar surface area (TPSA) is 87.0 Å². The molecule has 0 amide bonds. The Labute approximate surface area is 170 Å². The Morgan fingerprint density at radius 1 is 1.17 bits per heavy atom. The van der Waals surface area contributed by atoms with E-state index in [-0.39, 0.29) is 33.7 Å². The van der Waals surface area contributed by atoms with Gasteiger partial charge in [0, 0.05) is 23.3 Å². The van der Waals surface area contributed by atoms with Crippen LogP contribution in [-0.2, 0) is 4.79 Å². The smallest absolute Gasteiger partial charge is 0.387 e. The zero-order valence-corrected chi connectivity index (χ0v) is 16.6. The van der Waals surface area contributed by atoms with Crippen LogP contribution in [-0.4, -0.2) is 22.4 Å². The van der Waals surface area contributed by atoms with Crippen molar-refractivity contribution in [2.75, 3.05) is 5.32 Å². The first-order valence-electron chi connectivity index (χ1n) is 9.10. The molecule has 0 radical (unpaired) electrons. The Bertz CT molecular complexity index is 1150. The number of hydrogen-bond acceptors (Lipinski definition) is 5. The third kappa shape index (κ3) is 3.50. The molecule has 0 bridgehead atoms. The fourth-order valence-corrected chi connectivity index (χ4v) is 4.37. The minimum absolute atomic E-state index is 0.0771. The summed E-state index contributed by atoms with van der Waals surface area (Å²) in [5.74, 6) is -0.699.